The van der Waals surface area contributed by atoms with Crippen LogP contribution in [-0.4, -0.2) is 33.4 Å². The average molecular weight is 130 g/mol. The number of rotatable bonds is 2. The fraction of sp³-hybridized carbons (Fsp3) is 0.833. The second kappa shape index (κ2) is 3.82. The van der Waals surface area contributed by atoms with Gasteiger partial charge in [-0.1, -0.05) is 0 Å². The Morgan fingerprint density at radius 3 is 3.22 bits per heavy atom. The molecule has 1 N–H and O–H groups in total. The molecule has 1 aliphatic heterocycles. The highest BCUT2D eigenvalue weighted by atomic mass is 16.5. The zero-order valence-corrected chi connectivity index (χ0v) is 5.64. The van der Waals surface area contributed by atoms with Gasteiger partial charge in [-0.2, -0.15) is 0 Å². The molecule has 53 valence electrons. The molecule has 0 amide bonds. The highest BCUT2D eigenvalue weighted by Crippen LogP contribution is 2.03. The summed E-state index contributed by atoms with van der Waals surface area (Å²) in [6, 6.07) is 0. The molecule has 0 aromatic carbocycles. The van der Waals surface area contributed by atoms with E-state index in [1.54, 1.807) is 7.11 Å². The van der Waals surface area contributed by atoms with Gasteiger partial charge in [0.15, 0.2) is 0 Å². The predicted molar refractivity (Wildman–Crippen MR) is 33.9 cm³/mol. The second-order valence-corrected chi connectivity index (χ2v) is 2.00. The van der Waals surface area contributed by atoms with E-state index in [2.05, 4.69) is 5.32 Å². The lowest BCUT2D eigenvalue weighted by Crippen LogP contribution is -2.35. The van der Waals surface area contributed by atoms with Crippen LogP contribution in [0.15, 0.2) is 0 Å². The smallest absolute Gasteiger partial charge is 0.136 e. The van der Waals surface area contributed by atoms with Gasteiger partial charge in [-0.25, -0.2) is 0 Å². The van der Waals surface area contributed by atoms with Gasteiger partial charge in [-0.15, -0.1) is 0 Å². The molecule has 1 saturated heterocycles. The molecule has 0 saturated carbocycles. The number of ether oxygens (including phenoxy) is 2. The van der Waals surface area contributed by atoms with Crippen molar-refractivity contribution < 1.29 is 9.47 Å². The van der Waals surface area contributed by atoms with Crippen molar-refractivity contribution in [3.05, 3.63) is 6.10 Å². The summed E-state index contributed by atoms with van der Waals surface area (Å²) in [7, 11) is 1.67. The van der Waals surface area contributed by atoms with E-state index in [1.165, 1.54) is 0 Å². The first-order chi connectivity index (χ1) is 4.43. The molecule has 0 bridgehead atoms. The first-order valence-corrected chi connectivity index (χ1v) is 3.10. The lowest BCUT2D eigenvalue weighted by Gasteiger charge is -2.21. The van der Waals surface area contributed by atoms with E-state index in [0.717, 1.165) is 25.8 Å². The standard InChI is InChI=1S/C6H12NO2/c1-8-5-6-4-7-2-3-9-6/h7H,2-5H2,1H3. The Bertz CT molecular complexity index is 68.7. The number of hydrogen-bond donors (Lipinski definition) is 1. The van der Waals surface area contributed by atoms with Crippen LogP contribution in [0.3, 0.4) is 0 Å². The van der Waals surface area contributed by atoms with E-state index in [9.17, 15) is 0 Å². The molecule has 1 heterocycles. The quantitative estimate of drug-likeness (QED) is 0.560. The van der Waals surface area contributed by atoms with Gasteiger partial charge in [-0.05, 0) is 0 Å². The maximum atomic E-state index is 5.25. The maximum absolute atomic E-state index is 5.25. The van der Waals surface area contributed by atoms with Gasteiger partial charge in [0.2, 0.25) is 0 Å². The summed E-state index contributed by atoms with van der Waals surface area (Å²) in [6.45, 7) is 3.19. The van der Waals surface area contributed by atoms with Crippen LogP contribution in [0.25, 0.3) is 0 Å². The molecule has 1 rings (SSSR count). The third kappa shape index (κ3) is 2.30. The van der Waals surface area contributed by atoms with Crippen molar-refractivity contribution in [2.24, 2.45) is 0 Å². The van der Waals surface area contributed by atoms with E-state index in [1.807, 2.05) is 0 Å². The zero-order valence-electron chi connectivity index (χ0n) is 5.64. The van der Waals surface area contributed by atoms with Crippen LogP contribution >= 0.6 is 0 Å². The number of hydrogen-bond acceptors (Lipinski definition) is 3. The van der Waals surface area contributed by atoms with Gasteiger partial charge < -0.3 is 14.8 Å². The predicted octanol–water partition coefficient (Wildman–Crippen LogP) is -0.215. The summed E-state index contributed by atoms with van der Waals surface area (Å²) in [5.41, 5.74) is 0. The molecule has 9 heavy (non-hydrogen) atoms. The van der Waals surface area contributed by atoms with Crippen LogP contribution in [0.2, 0.25) is 0 Å². The first-order valence-electron chi connectivity index (χ1n) is 3.10. The van der Waals surface area contributed by atoms with Crippen LogP contribution in [0.1, 0.15) is 0 Å². The van der Waals surface area contributed by atoms with Crippen molar-refractivity contribution in [3.63, 3.8) is 0 Å². The average Bonchev–Trinajstić information content (AvgIpc) is 1.91. The Labute approximate surface area is 55.3 Å². The van der Waals surface area contributed by atoms with Crippen LogP contribution in [0, 0.1) is 6.10 Å². The highest BCUT2D eigenvalue weighted by molar-refractivity contribution is 4.83. The van der Waals surface area contributed by atoms with Crippen LogP contribution < -0.4 is 5.32 Å². The molecular weight excluding hydrogens is 118 g/mol. The van der Waals surface area contributed by atoms with E-state index >= 15 is 0 Å². The molecule has 0 unspecified atom stereocenters. The third-order valence-corrected chi connectivity index (χ3v) is 1.21. The molecule has 0 aromatic heterocycles. The van der Waals surface area contributed by atoms with Gasteiger partial charge in [0, 0.05) is 20.2 Å². The van der Waals surface area contributed by atoms with Crippen molar-refractivity contribution in [2.75, 3.05) is 33.4 Å². The van der Waals surface area contributed by atoms with E-state index < -0.39 is 0 Å². The fourth-order valence-electron chi connectivity index (χ4n) is 0.800. The van der Waals surface area contributed by atoms with Crippen molar-refractivity contribution in [1.82, 2.24) is 5.32 Å². The largest absolute Gasteiger partial charge is 0.382 e. The molecule has 0 atom stereocenters. The van der Waals surface area contributed by atoms with E-state index in [4.69, 9.17) is 9.47 Å². The Kier molecular flexibility index (Phi) is 2.97. The molecule has 1 aliphatic rings. The molecule has 1 fully saturated rings. The zero-order chi connectivity index (χ0) is 6.53. The molecule has 0 spiro atoms. The lowest BCUT2D eigenvalue weighted by molar-refractivity contribution is 0.0544. The van der Waals surface area contributed by atoms with Crippen molar-refractivity contribution in [3.8, 4) is 0 Å². The molecular formula is C6H12NO2. The minimum absolute atomic E-state index is 0.618. The molecule has 3 nitrogen and oxygen atoms in total. The Morgan fingerprint density at radius 2 is 2.67 bits per heavy atom. The minimum atomic E-state index is 0.618. The Hall–Kier alpha value is -0.120. The maximum Gasteiger partial charge on any atom is 0.136 e. The third-order valence-electron chi connectivity index (χ3n) is 1.21. The van der Waals surface area contributed by atoms with Crippen LogP contribution in [0.5, 0.6) is 0 Å². The first kappa shape index (κ1) is 6.99. The van der Waals surface area contributed by atoms with E-state index in [-0.39, 0.29) is 0 Å². The lowest BCUT2D eigenvalue weighted by atomic mass is 10.3. The summed E-state index contributed by atoms with van der Waals surface area (Å²) in [6.07, 6.45) is 1.00. The normalized spacial score (nSPS) is 22.3. The van der Waals surface area contributed by atoms with Crippen LogP contribution in [0.4, 0.5) is 0 Å². The molecule has 0 aliphatic carbocycles. The molecule has 1 radical (unpaired) electrons. The number of morpholine rings is 1. The van der Waals surface area contributed by atoms with Crippen molar-refractivity contribution >= 4 is 0 Å². The van der Waals surface area contributed by atoms with Gasteiger partial charge in [0.05, 0.1) is 13.2 Å². The van der Waals surface area contributed by atoms with Gasteiger partial charge in [0.1, 0.15) is 6.10 Å². The Morgan fingerprint density at radius 1 is 1.78 bits per heavy atom. The monoisotopic (exact) mass is 130 g/mol. The highest BCUT2D eigenvalue weighted by Gasteiger charge is 2.12. The summed E-state index contributed by atoms with van der Waals surface area (Å²) in [5, 5.41) is 3.18. The summed E-state index contributed by atoms with van der Waals surface area (Å²) >= 11 is 0. The SMILES string of the molecule is COC[C]1CNCCO1. The fourth-order valence-corrected chi connectivity index (χ4v) is 0.800. The minimum Gasteiger partial charge on any atom is -0.382 e. The van der Waals surface area contributed by atoms with Gasteiger partial charge >= 0.3 is 0 Å². The Balaban J connectivity index is 2.08. The summed E-state index contributed by atoms with van der Waals surface area (Å²) in [5.74, 6) is 0. The topological polar surface area (TPSA) is 30.5 Å². The molecule has 0 aromatic rings. The van der Waals surface area contributed by atoms with Gasteiger partial charge in [-0.3, -0.25) is 0 Å². The van der Waals surface area contributed by atoms with Crippen LogP contribution in [-0.2, 0) is 9.47 Å². The summed E-state index contributed by atoms with van der Waals surface area (Å²) in [4.78, 5) is 0. The summed E-state index contributed by atoms with van der Waals surface area (Å²) < 4.78 is 10.1. The molecule has 3 heteroatoms. The van der Waals surface area contributed by atoms with E-state index in [0.29, 0.717) is 6.61 Å². The van der Waals surface area contributed by atoms with Gasteiger partial charge in [0.25, 0.3) is 0 Å². The number of nitrogens with one attached hydrogen (secondary N) is 1. The second-order valence-electron chi connectivity index (χ2n) is 2.00. The number of methoxy groups -OCH3 is 1. The van der Waals surface area contributed by atoms with Crippen molar-refractivity contribution in [1.29, 1.82) is 0 Å². The van der Waals surface area contributed by atoms with Crippen molar-refractivity contribution in [2.45, 2.75) is 0 Å².